The van der Waals surface area contributed by atoms with Crippen LogP contribution in [0.4, 0.5) is 0 Å². The Morgan fingerprint density at radius 2 is 1.62 bits per heavy atom. The topological polar surface area (TPSA) is 40.6 Å². The van der Waals surface area contributed by atoms with Gasteiger partial charge < -0.3 is 9.80 Å². The molecule has 0 spiro atoms. The maximum absolute atomic E-state index is 13.3. The van der Waals surface area contributed by atoms with E-state index in [4.69, 9.17) is 0 Å². The molecule has 2 amide bonds. The second-order valence-electron chi connectivity index (χ2n) is 8.67. The van der Waals surface area contributed by atoms with Crippen molar-refractivity contribution in [1.82, 2.24) is 9.80 Å². The molecule has 1 aliphatic rings. The van der Waals surface area contributed by atoms with Crippen molar-refractivity contribution in [3.05, 3.63) is 95.6 Å². The molecule has 0 saturated carbocycles. The number of piperidine rings is 1. The Labute approximate surface area is 190 Å². The third-order valence-electron chi connectivity index (χ3n) is 6.24. The maximum atomic E-state index is 13.3. The molecule has 0 aromatic heterocycles. The van der Waals surface area contributed by atoms with Crippen molar-refractivity contribution in [2.24, 2.45) is 5.92 Å². The van der Waals surface area contributed by atoms with Crippen LogP contribution in [-0.4, -0.2) is 41.8 Å². The van der Waals surface area contributed by atoms with Gasteiger partial charge in [-0.3, -0.25) is 9.59 Å². The molecule has 0 radical (unpaired) electrons. The Balaban J connectivity index is 1.44. The second kappa shape index (κ2) is 9.82. The Morgan fingerprint density at radius 3 is 2.38 bits per heavy atom. The minimum absolute atomic E-state index is 0.0135. The number of carbonyl (C=O) groups excluding carboxylic acids is 2. The predicted octanol–water partition coefficient (Wildman–Crippen LogP) is 5.17. The average molecular weight is 427 g/mol. The maximum Gasteiger partial charge on any atom is 0.253 e. The lowest BCUT2D eigenvalue weighted by atomic mass is 9.95. The summed E-state index contributed by atoms with van der Waals surface area (Å²) in [6.45, 7) is 3.75. The molecule has 1 unspecified atom stereocenters. The number of hydrogen-bond donors (Lipinski definition) is 0. The normalized spacial score (nSPS) is 15.9. The minimum atomic E-state index is -0.160. The van der Waals surface area contributed by atoms with Crippen LogP contribution in [-0.2, 0) is 11.3 Å². The number of amides is 2. The number of hydrogen-bond acceptors (Lipinski definition) is 2. The van der Waals surface area contributed by atoms with Gasteiger partial charge in [-0.1, -0.05) is 72.3 Å². The summed E-state index contributed by atoms with van der Waals surface area (Å²) in [6.07, 6.45) is 1.67. The van der Waals surface area contributed by atoms with Crippen molar-refractivity contribution in [2.75, 3.05) is 20.1 Å². The fourth-order valence-electron chi connectivity index (χ4n) is 4.44. The first-order valence-electron chi connectivity index (χ1n) is 11.3. The van der Waals surface area contributed by atoms with Gasteiger partial charge in [0.1, 0.15) is 0 Å². The van der Waals surface area contributed by atoms with Crippen molar-refractivity contribution < 1.29 is 9.59 Å². The molecule has 0 bridgehead atoms. The first-order valence-corrected chi connectivity index (χ1v) is 11.3. The zero-order valence-electron chi connectivity index (χ0n) is 18.8. The van der Waals surface area contributed by atoms with Crippen LogP contribution < -0.4 is 0 Å². The number of benzene rings is 3. The summed E-state index contributed by atoms with van der Waals surface area (Å²) in [5, 5.41) is 0. The molecule has 4 rings (SSSR count). The lowest BCUT2D eigenvalue weighted by Crippen LogP contribution is -2.45. The zero-order chi connectivity index (χ0) is 22.5. The lowest BCUT2D eigenvalue weighted by molar-refractivity contribution is -0.136. The summed E-state index contributed by atoms with van der Waals surface area (Å²) in [7, 11) is 1.87. The van der Waals surface area contributed by atoms with Crippen LogP contribution in [0.25, 0.3) is 11.1 Å². The number of carbonyl (C=O) groups is 2. The molecule has 164 valence electrons. The van der Waals surface area contributed by atoms with Crippen LogP contribution in [0.1, 0.15) is 34.3 Å². The molecule has 1 atom stereocenters. The van der Waals surface area contributed by atoms with Gasteiger partial charge in [0.25, 0.3) is 5.91 Å². The SMILES string of the molecule is Cc1ccc(C(=O)N2CCCC(C(=O)N(C)Cc3ccccc3-c3ccccc3)C2)cc1. The highest BCUT2D eigenvalue weighted by Crippen LogP contribution is 2.26. The van der Waals surface area contributed by atoms with Crippen molar-refractivity contribution in [2.45, 2.75) is 26.3 Å². The van der Waals surface area contributed by atoms with E-state index in [-0.39, 0.29) is 17.7 Å². The smallest absolute Gasteiger partial charge is 0.253 e. The van der Waals surface area contributed by atoms with Gasteiger partial charge in [-0.15, -0.1) is 0 Å². The Morgan fingerprint density at radius 1 is 0.938 bits per heavy atom. The number of aryl methyl sites for hydroxylation is 1. The fourth-order valence-corrected chi connectivity index (χ4v) is 4.44. The van der Waals surface area contributed by atoms with Gasteiger partial charge in [0, 0.05) is 32.2 Å². The van der Waals surface area contributed by atoms with E-state index in [9.17, 15) is 9.59 Å². The molecular formula is C28H30N2O2. The molecule has 3 aromatic carbocycles. The van der Waals surface area contributed by atoms with Crippen molar-refractivity contribution in [3.8, 4) is 11.1 Å². The molecule has 32 heavy (non-hydrogen) atoms. The van der Waals surface area contributed by atoms with E-state index < -0.39 is 0 Å². The summed E-state index contributed by atoms with van der Waals surface area (Å²) in [5.41, 5.74) is 5.24. The van der Waals surface area contributed by atoms with Gasteiger partial charge in [0.15, 0.2) is 0 Å². The first kappa shape index (κ1) is 21.8. The molecule has 1 fully saturated rings. The highest BCUT2D eigenvalue weighted by molar-refractivity contribution is 5.94. The third kappa shape index (κ3) is 4.91. The highest BCUT2D eigenvalue weighted by Gasteiger charge is 2.30. The average Bonchev–Trinajstić information content (AvgIpc) is 2.84. The van der Waals surface area contributed by atoms with Gasteiger partial charge in [0.2, 0.25) is 5.91 Å². The van der Waals surface area contributed by atoms with Gasteiger partial charge in [0.05, 0.1) is 5.92 Å². The first-order chi connectivity index (χ1) is 15.5. The molecule has 0 N–H and O–H groups in total. The Hall–Kier alpha value is -3.40. The lowest BCUT2D eigenvalue weighted by Gasteiger charge is -2.34. The molecule has 1 saturated heterocycles. The van der Waals surface area contributed by atoms with Crippen LogP contribution in [0.3, 0.4) is 0 Å². The van der Waals surface area contributed by atoms with Crippen molar-refractivity contribution in [1.29, 1.82) is 0 Å². The van der Waals surface area contributed by atoms with E-state index in [0.29, 0.717) is 25.2 Å². The quantitative estimate of drug-likeness (QED) is 0.565. The van der Waals surface area contributed by atoms with Crippen LogP contribution in [0, 0.1) is 12.8 Å². The molecule has 3 aromatic rings. The molecule has 4 heteroatoms. The van der Waals surface area contributed by atoms with Crippen LogP contribution in [0.2, 0.25) is 0 Å². The zero-order valence-corrected chi connectivity index (χ0v) is 18.8. The molecular weight excluding hydrogens is 396 g/mol. The molecule has 1 heterocycles. The number of likely N-dealkylation sites (tertiary alicyclic amines) is 1. The van der Waals surface area contributed by atoms with Crippen LogP contribution in [0.15, 0.2) is 78.9 Å². The highest BCUT2D eigenvalue weighted by atomic mass is 16.2. The van der Waals surface area contributed by atoms with Gasteiger partial charge in [-0.05, 0) is 48.6 Å². The fraction of sp³-hybridized carbons (Fsp3) is 0.286. The summed E-state index contributed by atoms with van der Waals surface area (Å²) in [4.78, 5) is 29.9. The van der Waals surface area contributed by atoms with Crippen molar-refractivity contribution in [3.63, 3.8) is 0 Å². The monoisotopic (exact) mass is 426 g/mol. The molecule has 4 nitrogen and oxygen atoms in total. The number of rotatable bonds is 5. The van der Waals surface area contributed by atoms with E-state index in [1.54, 1.807) is 0 Å². The summed E-state index contributed by atoms with van der Waals surface area (Å²) in [5.74, 6) is -0.0408. The van der Waals surface area contributed by atoms with E-state index in [0.717, 1.165) is 35.1 Å². The summed E-state index contributed by atoms with van der Waals surface area (Å²) >= 11 is 0. The predicted molar refractivity (Wildman–Crippen MR) is 128 cm³/mol. The van der Waals surface area contributed by atoms with E-state index in [2.05, 4.69) is 24.3 Å². The third-order valence-corrected chi connectivity index (χ3v) is 6.24. The largest absolute Gasteiger partial charge is 0.341 e. The second-order valence-corrected chi connectivity index (χ2v) is 8.67. The van der Waals surface area contributed by atoms with Crippen LogP contribution in [0.5, 0.6) is 0 Å². The van der Waals surface area contributed by atoms with Gasteiger partial charge in [-0.25, -0.2) is 0 Å². The summed E-state index contributed by atoms with van der Waals surface area (Å²) in [6, 6.07) is 26.1. The van der Waals surface area contributed by atoms with E-state index in [1.807, 2.05) is 78.4 Å². The molecule has 0 aliphatic carbocycles. The Bertz CT molecular complexity index is 1080. The van der Waals surface area contributed by atoms with E-state index in [1.165, 1.54) is 0 Å². The Kier molecular flexibility index (Phi) is 6.69. The van der Waals surface area contributed by atoms with Crippen molar-refractivity contribution >= 4 is 11.8 Å². The standard InChI is InChI=1S/C28H30N2O2/c1-21-14-16-23(17-15-21)28(32)30-18-8-12-25(20-30)27(31)29(2)19-24-11-6-7-13-26(24)22-9-4-3-5-10-22/h3-7,9-11,13-17,25H,8,12,18-20H2,1-2H3. The molecule has 1 aliphatic heterocycles. The number of nitrogens with zero attached hydrogens (tertiary/aromatic N) is 2. The van der Waals surface area contributed by atoms with Crippen LogP contribution >= 0.6 is 0 Å². The van der Waals surface area contributed by atoms with Gasteiger partial charge >= 0.3 is 0 Å². The summed E-state index contributed by atoms with van der Waals surface area (Å²) < 4.78 is 0. The minimum Gasteiger partial charge on any atom is -0.341 e. The van der Waals surface area contributed by atoms with E-state index >= 15 is 0 Å². The van der Waals surface area contributed by atoms with Gasteiger partial charge in [-0.2, -0.15) is 0 Å².